The highest BCUT2D eigenvalue weighted by molar-refractivity contribution is 9.10. The van der Waals surface area contributed by atoms with Crippen LogP contribution in [-0.4, -0.2) is 20.4 Å². The number of rotatable bonds is 5. The van der Waals surface area contributed by atoms with Crippen molar-refractivity contribution in [1.29, 1.82) is 0 Å². The SMILES string of the molecule is CNCc1ccc(S(=O)(=O)Nc2ccc(Br)cc2C)nc1. The fraction of sp³-hybridized carbons (Fsp3) is 0.214. The number of halogens is 1. The molecule has 2 rings (SSSR count). The van der Waals surface area contributed by atoms with Crippen LogP contribution in [0.25, 0.3) is 0 Å². The maximum Gasteiger partial charge on any atom is 0.279 e. The number of sulfonamides is 1. The molecule has 0 amide bonds. The third-order valence-electron chi connectivity index (χ3n) is 2.89. The molecule has 0 fully saturated rings. The van der Waals surface area contributed by atoms with Crippen LogP contribution in [0.3, 0.4) is 0 Å². The predicted octanol–water partition coefficient (Wildman–Crippen LogP) is 2.67. The second kappa shape index (κ2) is 6.55. The number of aromatic nitrogens is 1. The number of aryl methyl sites for hydroxylation is 1. The van der Waals surface area contributed by atoms with Gasteiger partial charge in [-0.2, -0.15) is 8.42 Å². The number of hydrogen-bond donors (Lipinski definition) is 2. The molecule has 0 unspecified atom stereocenters. The highest BCUT2D eigenvalue weighted by Crippen LogP contribution is 2.22. The van der Waals surface area contributed by atoms with Gasteiger partial charge in [0.05, 0.1) is 5.69 Å². The molecule has 0 aliphatic heterocycles. The van der Waals surface area contributed by atoms with Crippen molar-refractivity contribution >= 4 is 31.6 Å². The highest BCUT2D eigenvalue weighted by atomic mass is 79.9. The Morgan fingerprint density at radius 1 is 1.24 bits per heavy atom. The molecule has 2 N–H and O–H groups in total. The summed E-state index contributed by atoms with van der Waals surface area (Å²) < 4.78 is 28.1. The number of nitrogens with zero attached hydrogens (tertiary/aromatic N) is 1. The molecule has 0 aliphatic rings. The first-order valence-corrected chi connectivity index (χ1v) is 8.58. The largest absolute Gasteiger partial charge is 0.316 e. The fourth-order valence-corrected chi connectivity index (χ4v) is 3.35. The summed E-state index contributed by atoms with van der Waals surface area (Å²) in [6, 6.07) is 8.59. The van der Waals surface area contributed by atoms with Crippen LogP contribution >= 0.6 is 15.9 Å². The molecule has 5 nitrogen and oxygen atoms in total. The predicted molar refractivity (Wildman–Crippen MR) is 86.7 cm³/mol. The van der Waals surface area contributed by atoms with E-state index in [1.54, 1.807) is 24.4 Å². The van der Waals surface area contributed by atoms with E-state index in [4.69, 9.17) is 0 Å². The van der Waals surface area contributed by atoms with Gasteiger partial charge in [-0.05, 0) is 49.4 Å². The summed E-state index contributed by atoms with van der Waals surface area (Å²) in [6.07, 6.45) is 1.56. The molecule has 1 aromatic carbocycles. The van der Waals surface area contributed by atoms with E-state index in [2.05, 4.69) is 31.0 Å². The monoisotopic (exact) mass is 369 g/mol. The van der Waals surface area contributed by atoms with Crippen molar-refractivity contribution in [3.05, 3.63) is 52.1 Å². The van der Waals surface area contributed by atoms with Gasteiger partial charge in [-0.1, -0.05) is 22.0 Å². The quantitative estimate of drug-likeness (QED) is 0.849. The molecule has 0 bridgehead atoms. The molecule has 1 aromatic heterocycles. The van der Waals surface area contributed by atoms with Gasteiger partial charge in [0, 0.05) is 17.2 Å². The Morgan fingerprint density at radius 3 is 2.57 bits per heavy atom. The van der Waals surface area contributed by atoms with Crippen molar-refractivity contribution in [2.24, 2.45) is 0 Å². The topological polar surface area (TPSA) is 71.1 Å². The Hall–Kier alpha value is -1.44. The van der Waals surface area contributed by atoms with E-state index in [9.17, 15) is 8.42 Å². The molecule has 0 spiro atoms. The molecule has 2 aromatic rings. The molecular weight excluding hydrogens is 354 g/mol. The molecule has 0 atom stereocenters. The van der Waals surface area contributed by atoms with Crippen LogP contribution in [0.5, 0.6) is 0 Å². The zero-order chi connectivity index (χ0) is 15.5. The minimum Gasteiger partial charge on any atom is -0.316 e. The zero-order valence-electron chi connectivity index (χ0n) is 11.7. The molecule has 0 saturated carbocycles. The number of benzene rings is 1. The Balaban J connectivity index is 2.25. The first-order valence-electron chi connectivity index (χ1n) is 6.31. The Labute approximate surface area is 133 Å². The summed E-state index contributed by atoms with van der Waals surface area (Å²) in [5.41, 5.74) is 2.30. The first kappa shape index (κ1) is 15.9. The van der Waals surface area contributed by atoms with Gasteiger partial charge in [-0.25, -0.2) is 4.98 Å². The molecule has 0 saturated heterocycles. The third-order valence-corrected chi connectivity index (χ3v) is 4.66. The van der Waals surface area contributed by atoms with Crippen LogP contribution in [0.4, 0.5) is 5.69 Å². The van der Waals surface area contributed by atoms with Crippen molar-refractivity contribution in [3.8, 4) is 0 Å². The van der Waals surface area contributed by atoms with E-state index < -0.39 is 10.0 Å². The molecule has 1 heterocycles. The van der Waals surface area contributed by atoms with Crippen molar-refractivity contribution in [3.63, 3.8) is 0 Å². The number of pyridine rings is 1. The summed E-state index contributed by atoms with van der Waals surface area (Å²) in [7, 11) is -1.86. The summed E-state index contributed by atoms with van der Waals surface area (Å²) in [5, 5.41) is 2.99. The van der Waals surface area contributed by atoms with Crippen molar-refractivity contribution in [2.45, 2.75) is 18.5 Å². The van der Waals surface area contributed by atoms with E-state index in [0.29, 0.717) is 12.2 Å². The summed E-state index contributed by atoms with van der Waals surface area (Å²) in [5.74, 6) is 0. The summed E-state index contributed by atoms with van der Waals surface area (Å²) in [4.78, 5) is 4.01. The minimum atomic E-state index is -3.68. The van der Waals surface area contributed by atoms with Gasteiger partial charge < -0.3 is 5.32 Å². The molecule has 0 radical (unpaired) electrons. The fourth-order valence-electron chi connectivity index (χ4n) is 1.82. The number of nitrogens with one attached hydrogen (secondary N) is 2. The van der Waals surface area contributed by atoms with Gasteiger partial charge in [-0.15, -0.1) is 0 Å². The lowest BCUT2D eigenvalue weighted by atomic mass is 10.2. The highest BCUT2D eigenvalue weighted by Gasteiger charge is 2.16. The van der Waals surface area contributed by atoms with Crippen LogP contribution in [0.15, 0.2) is 46.0 Å². The van der Waals surface area contributed by atoms with Gasteiger partial charge in [-0.3, -0.25) is 4.72 Å². The number of hydrogen-bond acceptors (Lipinski definition) is 4. The van der Waals surface area contributed by atoms with Crippen LogP contribution in [0.1, 0.15) is 11.1 Å². The zero-order valence-corrected chi connectivity index (χ0v) is 14.1. The Morgan fingerprint density at radius 2 is 2.00 bits per heavy atom. The Kier molecular flexibility index (Phi) is 4.97. The van der Waals surface area contributed by atoms with E-state index in [1.807, 2.05) is 20.0 Å². The average molecular weight is 370 g/mol. The van der Waals surface area contributed by atoms with Gasteiger partial charge in [0.2, 0.25) is 0 Å². The van der Waals surface area contributed by atoms with Crippen molar-refractivity contribution in [1.82, 2.24) is 10.3 Å². The molecule has 0 aliphatic carbocycles. The Bertz CT molecular complexity index is 730. The molecule has 7 heteroatoms. The summed E-state index contributed by atoms with van der Waals surface area (Å²) >= 11 is 3.35. The van der Waals surface area contributed by atoms with E-state index in [1.165, 1.54) is 6.07 Å². The maximum absolute atomic E-state index is 12.3. The van der Waals surface area contributed by atoms with Crippen molar-refractivity contribution in [2.75, 3.05) is 11.8 Å². The molecular formula is C14H16BrN3O2S. The lowest BCUT2D eigenvalue weighted by molar-refractivity contribution is 0.597. The van der Waals surface area contributed by atoms with Crippen LogP contribution in [0, 0.1) is 6.92 Å². The van der Waals surface area contributed by atoms with E-state index in [0.717, 1.165) is 15.6 Å². The van der Waals surface area contributed by atoms with E-state index in [-0.39, 0.29) is 5.03 Å². The molecule has 112 valence electrons. The van der Waals surface area contributed by atoms with Gasteiger partial charge >= 0.3 is 0 Å². The standard InChI is InChI=1S/C14H16BrN3O2S/c1-10-7-12(15)4-5-13(10)18-21(19,20)14-6-3-11(8-16-2)9-17-14/h3-7,9,16,18H,8H2,1-2H3. The summed E-state index contributed by atoms with van der Waals surface area (Å²) in [6.45, 7) is 2.48. The number of anilines is 1. The first-order chi connectivity index (χ1) is 9.92. The maximum atomic E-state index is 12.3. The minimum absolute atomic E-state index is 0.00433. The lowest BCUT2D eigenvalue weighted by Crippen LogP contribution is -2.15. The van der Waals surface area contributed by atoms with E-state index >= 15 is 0 Å². The van der Waals surface area contributed by atoms with Gasteiger partial charge in [0.15, 0.2) is 5.03 Å². The van der Waals surface area contributed by atoms with Crippen LogP contribution in [-0.2, 0) is 16.6 Å². The molecule has 21 heavy (non-hydrogen) atoms. The second-order valence-electron chi connectivity index (χ2n) is 4.60. The van der Waals surface area contributed by atoms with Crippen LogP contribution in [0.2, 0.25) is 0 Å². The normalized spacial score (nSPS) is 11.4. The smallest absolute Gasteiger partial charge is 0.279 e. The average Bonchev–Trinajstić information content (AvgIpc) is 2.43. The second-order valence-corrected chi connectivity index (χ2v) is 7.14. The lowest BCUT2D eigenvalue weighted by Gasteiger charge is -2.10. The van der Waals surface area contributed by atoms with Gasteiger partial charge in [0.1, 0.15) is 0 Å². The van der Waals surface area contributed by atoms with Gasteiger partial charge in [0.25, 0.3) is 10.0 Å². The van der Waals surface area contributed by atoms with Crippen LogP contribution < -0.4 is 10.0 Å². The third kappa shape index (κ3) is 4.03. The van der Waals surface area contributed by atoms with Crippen molar-refractivity contribution < 1.29 is 8.42 Å².